The molecule has 0 bridgehead atoms. The molecule has 0 spiro atoms. The fraction of sp³-hybridized carbons (Fsp3) is 0.0822. The van der Waals surface area contributed by atoms with E-state index in [-0.39, 0.29) is 151 Å². The normalized spacial score (nSPS) is 10.3. The van der Waals surface area contributed by atoms with Crippen LogP contribution in [0.5, 0.6) is 115 Å². The lowest BCUT2D eigenvalue weighted by molar-refractivity contribution is -0.116. The number of phenols is 20. The molecule has 0 aromatic heterocycles. The molecule has 5 amide bonds. The summed E-state index contributed by atoms with van der Waals surface area (Å²) in [6, 6.07) is 39.7. The zero-order valence-corrected chi connectivity index (χ0v) is 54.4. The van der Waals surface area contributed by atoms with Crippen molar-refractivity contribution in [2.45, 2.75) is 25.8 Å². The zero-order chi connectivity index (χ0) is 76.5. The van der Waals surface area contributed by atoms with Gasteiger partial charge in [0.25, 0.3) is 5.91 Å². The van der Waals surface area contributed by atoms with Crippen molar-refractivity contribution in [2.24, 2.45) is 0 Å². The molecule has 25 N–H and O–H groups in total. The Kier molecular flexibility index (Phi) is 27.5. The molecule has 0 radical (unpaired) electrons. The number of urea groups is 2. The summed E-state index contributed by atoms with van der Waals surface area (Å²) < 4.78 is 0. The molecule has 104 heavy (non-hydrogen) atoms. The first-order chi connectivity index (χ1) is 49.2. The Hall–Kier alpha value is -14.9. The van der Waals surface area contributed by atoms with Gasteiger partial charge in [-0.15, -0.1) is 0 Å². The highest BCUT2D eigenvalue weighted by Gasteiger charge is 2.18. The van der Waals surface area contributed by atoms with Crippen LogP contribution in [-0.4, -0.2) is 145 Å². The monoisotopic (exact) mass is 1430 g/mol. The van der Waals surface area contributed by atoms with Crippen LogP contribution in [0.4, 0.5) is 38.0 Å². The highest BCUT2D eigenvalue weighted by molar-refractivity contribution is 6.06. The maximum atomic E-state index is 12.2. The van der Waals surface area contributed by atoms with Crippen LogP contribution in [0.25, 0.3) is 0 Å². The van der Waals surface area contributed by atoms with Crippen molar-refractivity contribution in [3.05, 3.63) is 222 Å². The highest BCUT2D eigenvalue weighted by Crippen LogP contribution is 2.35. The van der Waals surface area contributed by atoms with E-state index in [4.69, 9.17) is 20.4 Å². The number of nitrogens with one attached hydrogen (secondary N) is 5. The van der Waals surface area contributed by atoms with E-state index in [1.807, 2.05) is 0 Å². The minimum atomic E-state index is -0.611. The van der Waals surface area contributed by atoms with E-state index < -0.39 is 23.7 Å². The van der Waals surface area contributed by atoms with Crippen LogP contribution in [0, 0.1) is 0 Å². The lowest BCUT2D eigenvalue weighted by Crippen LogP contribution is -2.30. The summed E-state index contributed by atoms with van der Waals surface area (Å²) in [7, 11) is 1.48. The summed E-state index contributed by atoms with van der Waals surface area (Å²) in [5.41, 5.74) is 4.64. The molecule has 0 heterocycles. The smallest absolute Gasteiger partial charge is 0.323 e. The van der Waals surface area contributed by atoms with Crippen molar-refractivity contribution in [1.82, 2.24) is 5.32 Å². The summed E-state index contributed by atoms with van der Waals surface area (Å²) in [4.78, 5) is 60.4. The predicted octanol–water partition coefficient (Wildman–Crippen LogP) is 9.92. The molecule has 0 saturated heterocycles. The van der Waals surface area contributed by atoms with E-state index in [1.165, 1.54) is 170 Å². The Balaban J connectivity index is 0.000000205. The number of benzene rings is 10. The van der Waals surface area contributed by atoms with E-state index in [2.05, 4.69) is 26.6 Å². The van der Waals surface area contributed by atoms with Crippen molar-refractivity contribution in [2.75, 3.05) is 39.8 Å². The Morgan fingerprint density at radius 1 is 0.308 bits per heavy atom. The molecular formula is C73H70N6O25. The van der Waals surface area contributed by atoms with Gasteiger partial charge >= 0.3 is 12.1 Å². The first-order valence-electron chi connectivity index (χ1n) is 30.3. The largest absolute Gasteiger partial charge is 0.504 e. The molecule has 31 nitrogen and oxygen atoms in total. The average molecular weight is 1430 g/mol. The number of rotatable bonds is 17. The van der Waals surface area contributed by atoms with E-state index in [1.54, 1.807) is 18.2 Å². The van der Waals surface area contributed by atoms with E-state index >= 15 is 0 Å². The molecule has 542 valence electrons. The molecule has 10 aromatic carbocycles. The molecule has 0 fully saturated rings. The third-order valence-electron chi connectivity index (χ3n) is 14.1. The topological polar surface area (TPSA) is 553 Å². The minimum absolute atomic E-state index is 0.0163. The van der Waals surface area contributed by atoms with Crippen molar-refractivity contribution in [3.63, 3.8) is 0 Å². The first kappa shape index (κ1) is 78.1. The van der Waals surface area contributed by atoms with Gasteiger partial charge in [0.15, 0.2) is 127 Å². The quantitative estimate of drug-likeness (QED) is 0.0229. The number of allylic oxidation sites excluding steroid dienone is 2. The van der Waals surface area contributed by atoms with Crippen LogP contribution < -0.4 is 31.5 Å². The summed E-state index contributed by atoms with van der Waals surface area (Å²) in [6.07, 6.45) is 2.73. The van der Waals surface area contributed by atoms with Crippen LogP contribution >= 0.6 is 0 Å². The van der Waals surface area contributed by atoms with Gasteiger partial charge in [0, 0.05) is 97.3 Å². The SMILES string of the molecule is CN(C(=O)c1ccc(O)c(O)c1)c1ccc(O)c(O)c1.O=C(/C=C\C(=O)Cc1ccc(O)c(O)c1)Cc1ccc(O)c(O)c1.O=C(NCCc1ccc(O)c(O)c1)Nc1ccc(O)c(O)c1.O=C(Nc1ccc(O)c(O)c1)Nc1ccc(O)c(O)c1.Oc1ccc(CNc2ccc(O)c(O)c2)cc1O. The molecular weight excluding hydrogens is 1360 g/mol. The van der Waals surface area contributed by atoms with Gasteiger partial charge in [0.2, 0.25) is 0 Å². The summed E-state index contributed by atoms with van der Waals surface area (Å²) >= 11 is 0. The fourth-order valence-corrected chi connectivity index (χ4v) is 8.59. The number of hydrogen-bond acceptors (Lipinski definition) is 26. The number of ketones is 2. The second-order valence-corrected chi connectivity index (χ2v) is 22.0. The van der Waals surface area contributed by atoms with E-state index in [0.717, 1.165) is 29.3 Å². The highest BCUT2D eigenvalue weighted by atomic mass is 16.3. The average Bonchev–Trinajstić information content (AvgIpc) is 0.831. The number of amides is 5. The molecule has 31 heteroatoms. The summed E-state index contributed by atoms with van der Waals surface area (Å²) in [5, 5.41) is 198. The van der Waals surface area contributed by atoms with Gasteiger partial charge in [-0.05, 0) is 168 Å². The van der Waals surface area contributed by atoms with Crippen molar-refractivity contribution >= 4 is 58.0 Å². The van der Waals surface area contributed by atoms with E-state index in [9.17, 15) is 106 Å². The van der Waals surface area contributed by atoms with Crippen LogP contribution in [0.2, 0.25) is 0 Å². The summed E-state index contributed by atoms with van der Waals surface area (Å²) in [5.74, 6) is -6.60. The number of nitrogens with zero attached hydrogens (tertiary/aromatic N) is 1. The Bertz CT molecular complexity index is 4590. The second-order valence-electron chi connectivity index (χ2n) is 22.0. The number of hydrogen-bond donors (Lipinski definition) is 25. The Morgan fingerprint density at radius 3 is 0.990 bits per heavy atom. The molecule has 0 aliphatic carbocycles. The van der Waals surface area contributed by atoms with Gasteiger partial charge in [-0.1, -0.05) is 24.3 Å². The number of phenolic OH excluding ortho intramolecular Hbond substituents is 20. The van der Waals surface area contributed by atoms with Gasteiger partial charge in [-0.25, -0.2) is 9.59 Å². The number of carbonyl (C=O) groups is 5. The van der Waals surface area contributed by atoms with Gasteiger partial charge in [0.05, 0.1) is 0 Å². The maximum Gasteiger partial charge on any atom is 0.323 e. The molecule has 10 rings (SSSR count). The van der Waals surface area contributed by atoms with Gasteiger partial charge < -0.3 is 134 Å². The summed E-state index contributed by atoms with van der Waals surface area (Å²) in [6.45, 7) is 0.734. The maximum absolute atomic E-state index is 12.2. The number of carbonyl (C=O) groups excluding carboxylic acids is 5. The number of anilines is 5. The fourth-order valence-electron chi connectivity index (χ4n) is 8.59. The van der Waals surface area contributed by atoms with Crippen LogP contribution in [-0.2, 0) is 35.4 Å². The van der Waals surface area contributed by atoms with Crippen LogP contribution in [0.1, 0.15) is 32.6 Å². The lowest BCUT2D eigenvalue weighted by atomic mass is 10.1. The zero-order valence-electron chi connectivity index (χ0n) is 54.4. The second kappa shape index (κ2) is 36.6. The van der Waals surface area contributed by atoms with Crippen molar-refractivity contribution in [1.29, 1.82) is 0 Å². The van der Waals surface area contributed by atoms with Crippen LogP contribution in [0.3, 0.4) is 0 Å². The first-order valence-corrected chi connectivity index (χ1v) is 30.3. The standard InChI is InChI=1S/C18H16O6.C15H16N2O5.C14H13NO5.C13H12N2O5.C13H13NO4/c19-13(7-11-1-5-15(21)17(23)9-11)3-4-14(20)8-12-2-6-16(22)18(24)10-12;18-11-3-1-9(7-13(11)20)5-6-16-15(22)17-10-2-4-12(19)14(21)8-10;1-15(9-3-5-11(17)13(19)7-9)14(20)8-2-4-10(16)12(18)6-8;16-9-3-1-7(5-11(9)18)14-13(20)15-8-2-4-10(17)12(19)6-8;15-10-3-1-8(5-12(10)17)7-14-9-2-4-11(16)13(18)6-9/h1-6,9-10,21-24H,7-8H2;1-4,7-8,18-21H,5-6H2,(H2,16,17,22);2-7,16-19H,1H3;1-6,16-19H,(H2,14,15,20);1-6,14-18H,7H2/b4-3-;;;;. The van der Waals surface area contributed by atoms with Gasteiger partial charge in [0.1, 0.15) is 0 Å². The molecule has 0 saturated carbocycles. The third kappa shape index (κ3) is 24.3. The van der Waals surface area contributed by atoms with Crippen molar-refractivity contribution < 1.29 is 126 Å². The molecule has 0 aliphatic rings. The Morgan fingerprint density at radius 2 is 0.606 bits per heavy atom. The van der Waals surface area contributed by atoms with Gasteiger partial charge in [-0.2, -0.15) is 0 Å². The molecule has 0 atom stereocenters. The lowest BCUT2D eigenvalue weighted by Gasteiger charge is -2.18. The number of aromatic hydroxyl groups is 20. The Labute approximate surface area is 589 Å². The minimum Gasteiger partial charge on any atom is -0.504 e. The molecule has 0 unspecified atom stereocenters. The van der Waals surface area contributed by atoms with Gasteiger partial charge in [-0.3, -0.25) is 14.4 Å². The predicted molar refractivity (Wildman–Crippen MR) is 378 cm³/mol. The third-order valence-corrected chi connectivity index (χ3v) is 14.1. The van der Waals surface area contributed by atoms with Crippen LogP contribution in [0.15, 0.2) is 194 Å². The van der Waals surface area contributed by atoms with Crippen molar-refractivity contribution in [3.8, 4) is 115 Å². The molecule has 0 aliphatic heterocycles. The van der Waals surface area contributed by atoms with E-state index in [0.29, 0.717) is 47.7 Å². The molecule has 10 aromatic rings.